The molecule has 0 bridgehead atoms. The zero-order chi connectivity index (χ0) is 15.0. The van der Waals surface area contributed by atoms with Crippen molar-refractivity contribution >= 4 is 23.3 Å². The molecule has 2 amide bonds. The van der Waals surface area contributed by atoms with Crippen molar-refractivity contribution < 1.29 is 18.8 Å². The number of Topliss-reactive ketones (excluding diaryl/α,β-unsaturated/α-hetero) is 1. The third-order valence-electron chi connectivity index (χ3n) is 4.00. The highest BCUT2D eigenvalue weighted by Crippen LogP contribution is 2.27. The molecule has 3 rings (SSSR count). The summed E-state index contributed by atoms with van der Waals surface area (Å²) in [6.45, 7) is 1.03. The van der Waals surface area contributed by atoms with E-state index in [9.17, 15) is 18.8 Å². The predicted molar refractivity (Wildman–Crippen MR) is 73.1 cm³/mol. The van der Waals surface area contributed by atoms with E-state index in [1.165, 1.54) is 24.3 Å². The van der Waals surface area contributed by atoms with Gasteiger partial charge in [-0.15, -0.1) is 0 Å². The van der Waals surface area contributed by atoms with Gasteiger partial charge in [-0.2, -0.15) is 0 Å². The average molecular weight is 290 g/mol. The maximum absolute atomic E-state index is 12.9. The van der Waals surface area contributed by atoms with Gasteiger partial charge < -0.3 is 0 Å². The van der Waals surface area contributed by atoms with Gasteiger partial charge in [0.2, 0.25) is 5.91 Å². The molecule has 1 aromatic carbocycles. The molecular weight excluding hydrogens is 275 g/mol. The minimum atomic E-state index is -0.504. The lowest BCUT2D eigenvalue weighted by atomic mass is 10.1. The highest BCUT2D eigenvalue weighted by atomic mass is 19.1. The van der Waals surface area contributed by atoms with Gasteiger partial charge in [-0.25, -0.2) is 9.29 Å². The quantitative estimate of drug-likeness (QED) is 0.766. The molecule has 1 aromatic rings. The van der Waals surface area contributed by atoms with E-state index in [4.69, 9.17) is 0 Å². The second-order valence-electron chi connectivity index (χ2n) is 5.34. The van der Waals surface area contributed by atoms with E-state index < -0.39 is 11.9 Å². The van der Waals surface area contributed by atoms with Crippen LogP contribution in [0.2, 0.25) is 0 Å². The number of halogens is 1. The zero-order valence-corrected chi connectivity index (χ0v) is 11.4. The van der Waals surface area contributed by atoms with Crippen LogP contribution in [0.5, 0.6) is 0 Å². The van der Waals surface area contributed by atoms with Crippen molar-refractivity contribution in [2.45, 2.75) is 25.3 Å². The van der Waals surface area contributed by atoms with Crippen LogP contribution in [0.4, 0.5) is 10.1 Å². The van der Waals surface area contributed by atoms with Gasteiger partial charge in [-0.3, -0.25) is 19.3 Å². The number of rotatable bonds is 2. The van der Waals surface area contributed by atoms with E-state index in [0.29, 0.717) is 31.6 Å². The van der Waals surface area contributed by atoms with Crippen LogP contribution in [0, 0.1) is 5.82 Å². The van der Waals surface area contributed by atoms with E-state index in [1.807, 2.05) is 4.90 Å². The normalized spacial score (nSPS) is 24.0. The van der Waals surface area contributed by atoms with Gasteiger partial charge in [0.15, 0.2) is 0 Å². The number of carbonyl (C=O) groups excluding carboxylic acids is 3. The summed E-state index contributed by atoms with van der Waals surface area (Å²) in [5.74, 6) is -0.795. The number of likely N-dealkylation sites (tertiary alicyclic amines) is 1. The Morgan fingerprint density at radius 3 is 2.24 bits per heavy atom. The summed E-state index contributed by atoms with van der Waals surface area (Å²) in [7, 11) is 0. The van der Waals surface area contributed by atoms with Gasteiger partial charge in [-0.05, 0) is 24.3 Å². The molecular formula is C15H15FN2O3. The Kier molecular flexibility index (Phi) is 3.55. The highest BCUT2D eigenvalue weighted by Gasteiger charge is 2.43. The fourth-order valence-electron chi connectivity index (χ4n) is 2.85. The number of ketones is 1. The molecule has 0 N–H and O–H groups in total. The molecule has 0 spiro atoms. The van der Waals surface area contributed by atoms with E-state index in [1.54, 1.807) is 0 Å². The van der Waals surface area contributed by atoms with Crippen molar-refractivity contribution in [3.63, 3.8) is 0 Å². The molecule has 2 fully saturated rings. The van der Waals surface area contributed by atoms with Crippen LogP contribution in [-0.4, -0.2) is 41.6 Å². The zero-order valence-electron chi connectivity index (χ0n) is 11.4. The van der Waals surface area contributed by atoms with Gasteiger partial charge >= 0.3 is 0 Å². The van der Waals surface area contributed by atoms with Gasteiger partial charge in [0.05, 0.1) is 18.2 Å². The number of anilines is 1. The van der Waals surface area contributed by atoms with Crippen LogP contribution in [0.15, 0.2) is 24.3 Å². The first kappa shape index (κ1) is 13.9. The Labute approximate surface area is 121 Å². The smallest absolute Gasteiger partial charge is 0.251 e. The standard InChI is InChI=1S/C15H15FN2O3/c16-10-1-3-11(4-2-10)18-14(20)9-13(15(18)21)17-7-5-12(19)6-8-17/h1-4,13H,5-9H2/t13-/m0/s1. The third-order valence-corrected chi connectivity index (χ3v) is 4.00. The van der Waals surface area contributed by atoms with Crippen molar-refractivity contribution in [2.24, 2.45) is 0 Å². The van der Waals surface area contributed by atoms with Crippen molar-refractivity contribution in [1.82, 2.24) is 4.90 Å². The third kappa shape index (κ3) is 2.58. The molecule has 0 saturated carbocycles. The maximum Gasteiger partial charge on any atom is 0.251 e. The molecule has 2 saturated heterocycles. The number of hydrogen-bond donors (Lipinski definition) is 0. The van der Waals surface area contributed by atoms with Crippen LogP contribution >= 0.6 is 0 Å². The number of carbonyl (C=O) groups is 3. The first-order chi connectivity index (χ1) is 10.1. The van der Waals surface area contributed by atoms with Crippen molar-refractivity contribution in [3.8, 4) is 0 Å². The summed E-state index contributed by atoms with van der Waals surface area (Å²) in [6, 6.07) is 4.79. The van der Waals surface area contributed by atoms with Crippen LogP contribution in [-0.2, 0) is 14.4 Å². The van der Waals surface area contributed by atoms with E-state index in [-0.39, 0.29) is 24.0 Å². The highest BCUT2D eigenvalue weighted by molar-refractivity contribution is 6.22. The van der Waals surface area contributed by atoms with Crippen LogP contribution in [0.1, 0.15) is 19.3 Å². The fourth-order valence-corrected chi connectivity index (χ4v) is 2.85. The molecule has 0 unspecified atom stereocenters. The van der Waals surface area contributed by atoms with Crippen molar-refractivity contribution in [1.29, 1.82) is 0 Å². The number of hydrogen-bond acceptors (Lipinski definition) is 4. The second kappa shape index (κ2) is 5.37. The van der Waals surface area contributed by atoms with Crippen molar-refractivity contribution in [3.05, 3.63) is 30.1 Å². The minimum Gasteiger partial charge on any atom is -0.300 e. The summed E-state index contributed by atoms with van der Waals surface area (Å²) < 4.78 is 12.9. The molecule has 0 radical (unpaired) electrons. The number of imide groups is 1. The molecule has 0 aliphatic carbocycles. The lowest BCUT2D eigenvalue weighted by Gasteiger charge is -2.29. The first-order valence-electron chi connectivity index (χ1n) is 6.94. The Morgan fingerprint density at radius 1 is 1.00 bits per heavy atom. The predicted octanol–water partition coefficient (Wildman–Crippen LogP) is 1.12. The van der Waals surface area contributed by atoms with Gasteiger partial charge in [0.25, 0.3) is 5.91 Å². The fraction of sp³-hybridized carbons (Fsp3) is 0.400. The second-order valence-corrected chi connectivity index (χ2v) is 5.34. The molecule has 2 aliphatic heterocycles. The van der Waals surface area contributed by atoms with Gasteiger partial charge in [-0.1, -0.05) is 0 Å². The lowest BCUT2D eigenvalue weighted by molar-refractivity contribution is -0.127. The Hall–Kier alpha value is -2.08. The molecule has 110 valence electrons. The van der Waals surface area contributed by atoms with E-state index >= 15 is 0 Å². The number of amides is 2. The SMILES string of the molecule is O=C1CCN([C@H]2CC(=O)N(c3ccc(F)cc3)C2=O)CC1. The summed E-state index contributed by atoms with van der Waals surface area (Å²) in [5.41, 5.74) is 0.391. The van der Waals surface area contributed by atoms with Crippen LogP contribution in [0.3, 0.4) is 0 Å². The van der Waals surface area contributed by atoms with Crippen LogP contribution < -0.4 is 4.90 Å². The maximum atomic E-state index is 12.9. The van der Waals surface area contributed by atoms with Crippen LogP contribution in [0.25, 0.3) is 0 Å². The molecule has 6 heteroatoms. The molecule has 1 atom stereocenters. The summed E-state index contributed by atoms with van der Waals surface area (Å²) >= 11 is 0. The molecule has 2 aliphatic rings. The lowest BCUT2D eigenvalue weighted by Crippen LogP contribution is -2.46. The molecule has 2 heterocycles. The Bertz CT molecular complexity index is 589. The summed E-state index contributed by atoms with van der Waals surface area (Å²) in [5, 5.41) is 0. The Morgan fingerprint density at radius 2 is 1.62 bits per heavy atom. The number of piperidine rings is 1. The first-order valence-corrected chi connectivity index (χ1v) is 6.94. The molecule has 0 aromatic heterocycles. The average Bonchev–Trinajstić information content (AvgIpc) is 2.76. The topological polar surface area (TPSA) is 57.7 Å². The van der Waals surface area contributed by atoms with Crippen molar-refractivity contribution in [2.75, 3.05) is 18.0 Å². The summed E-state index contributed by atoms with van der Waals surface area (Å²) in [6.07, 6.45) is 0.966. The largest absolute Gasteiger partial charge is 0.300 e. The minimum absolute atomic E-state index is 0.115. The van der Waals surface area contributed by atoms with Gasteiger partial charge in [0, 0.05) is 25.9 Å². The van der Waals surface area contributed by atoms with E-state index in [2.05, 4.69) is 0 Å². The Balaban J connectivity index is 1.79. The molecule has 5 nitrogen and oxygen atoms in total. The monoisotopic (exact) mass is 290 g/mol. The number of benzene rings is 1. The number of nitrogens with zero attached hydrogens (tertiary/aromatic N) is 2. The summed E-state index contributed by atoms with van der Waals surface area (Å²) in [4.78, 5) is 38.8. The van der Waals surface area contributed by atoms with E-state index in [0.717, 1.165) is 4.90 Å². The van der Waals surface area contributed by atoms with Gasteiger partial charge in [0.1, 0.15) is 11.6 Å². The molecule has 21 heavy (non-hydrogen) atoms.